The van der Waals surface area contributed by atoms with E-state index in [1.54, 1.807) is 24.3 Å². The first-order valence-corrected chi connectivity index (χ1v) is 9.92. The Morgan fingerprint density at radius 3 is 2.42 bits per heavy atom. The van der Waals surface area contributed by atoms with Crippen LogP contribution in [0.25, 0.3) is 0 Å². The number of carbonyl (C=O) groups excluding carboxylic acids is 3. The van der Waals surface area contributed by atoms with E-state index >= 15 is 0 Å². The normalized spacial score (nSPS) is 19.4. The van der Waals surface area contributed by atoms with Crippen LogP contribution in [-0.4, -0.2) is 56.3 Å². The number of ketones is 1. The molecular formula is C17H21NO7S. The molecule has 8 nitrogen and oxygen atoms in total. The van der Waals surface area contributed by atoms with E-state index < -0.39 is 40.5 Å². The van der Waals surface area contributed by atoms with Gasteiger partial charge in [-0.15, -0.1) is 0 Å². The van der Waals surface area contributed by atoms with Gasteiger partial charge in [-0.05, 0) is 44.5 Å². The van der Waals surface area contributed by atoms with Crippen LogP contribution in [0.1, 0.15) is 30.6 Å². The molecule has 0 aromatic heterocycles. The summed E-state index contributed by atoms with van der Waals surface area (Å²) >= 11 is 0. The Kier molecular flexibility index (Phi) is 6.36. The van der Waals surface area contributed by atoms with Gasteiger partial charge in [0.2, 0.25) is 0 Å². The highest BCUT2D eigenvalue weighted by Gasteiger charge is 2.30. The van der Waals surface area contributed by atoms with Crippen LogP contribution in [0.2, 0.25) is 0 Å². The van der Waals surface area contributed by atoms with Gasteiger partial charge < -0.3 is 14.8 Å². The van der Waals surface area contributed by atoms with E-state index in [0.29, 0.717) is 17.7 Å². The summed E-state index contributed by atoms with van der Waals surface area (Å²) < 4.78 is 33.0. The van der Waals surface area contributed by atoms with Crippen molar-refractivity contribution in [2.24, 2.45) is 0 Å². The number of ether oxygens (including phenoxy) is 2. The van der Waals surface area contributed by atoms with Crippen LogP contribution in [0.3, 0.4) is 0 Å². The summed E-state index contributed by atoms with van der Waals surface area (Å²) in [6.07, 6.45) is -0.705. The molecule has 142 valence electrons. The zero-order valence-electron chi connectivity index (χ0n) is 14.6. The maximum absolute atomic E-state index is 12.0. The van der Waals surface area contributed by atoms with Crippen LogP contribution in [0.4, 0.5) is 0 Å². The van der Waals surface area contributed by atoms with Crippen LogP contribution >= 0.6 is 0 Å². The predicted molar refractivity (Wildman–Crippen MR) is 92.7 cm³/mol. The molecule has 1 aromatic carbocycles. The van der Waals surface area contributed by atoms with Crippen LogP contribution < -0.4 is 10.1 Å². The van der Waals surface area contributed by atoms with Crippen LogP contribution in [0.15, 0.2) is 24.3 Å². The first kappa shape index (κ1) is 19.9. The van der Waals surface area contributed by atoms with Gasteiger partial charge in [-0.3, -0.25) is 9.59 Å². The summed E-state index contributed by atoms with van der Waals surface area (Å²) in [4.78, 5) is 34.9. The number of esters is 1. The second-order valence-electron chi connectivity index (χ2n) is 6.11. The minimum atomic E-state index is -3.10. The largest absolute Gasteiger partial charge is 0.482 e. The molecule has 26 heavy (non-hydrogen) atoms. The molecule has 1 heterocycles. The Morgan fingerprint density at radius 1 is 1.23 bits per heavy atom. The molecule has 0 radical (unpaired) electrons. The second-order valence-corrected chi connectivity index (χ2v) is 8.34. The monoisotopic (exact) mass is 383 g/mol. The fourth-order valence-electron chi connectivity index (χ4n) is 2.44. The van der Waals surface area contributed by atoms with E-state index in [4.69, 9.17) is 9.47 Å². The molecule has 1 saturated heterocycles. The van der Waals surface area contributed by atoms with Crippen molar-refractivity contribution < 1.29 is 32.3 Å². The number of amides is 1. The van der Waals surface area contributed by atoms with E-state index in [2.05, 4.69) is 5.32 Å². The summed E-state index contributed by atoms with van der Waals surface area (Å²) in [7, 11) is -3.10. The number of nitrogens with one attached hydrogen (secondary N) is 1. The molecule has 1 aromatic rings. The van der Waals surface area contributed by atoms with Gasteiger partial charge in [-0.2, -0.15) is 0 Å². The fraction of sp³-hybridized carbons (Fsp3) is 0.471. The first-order chi connectivity index (χ1) is 12.2. The molecule has 2 atom stereocenters. The Hall–Kier alpha value is -2.42. The molecule has 0 bridgehead atoms. The van der Waals surface area contributed by atoms with Crippen molar-refractivity contribution >= 4 is 27.5 Å². The minimum Gasteiger partial charge on any atom is -0.482 e. The Morgan fingerprint density at radius 2 is 1.88 bits per heavy atom. The Labute approximate surface area is 151 Å². The molecule has 2 rings (SSSR count). The van der Waals surface area contributed by atoms with Crippen LogP contribution in [0, 0.1) is 0 Å². The number of rotatable bonds is 7. The molecule has 1 fully saturated rings. The van der Waals surface area contributed by atoms with Gasteiger partial charge in [0.1, 0.15) is 5.75 Å². The highest BCUT2D eigenvalue weighted by Crippen LogP contribution is 2.13. The summed E-state index contributed by atoms with van der Waals surface area (Å²) in [5.74, 6) is -1.03. The van der Waals surface area contributed by atoms with E-state index in [-0.39, 0.29) is 17.3 Å². The fourth-order valence-corrected chi connectivity index (χ4v) is 4.11. The van der Waals surface area contributed by atoms with Crippen LogP contribution in [0.5, 0.6) is 5.75 Å². The molecule has 0 spiro atoms. The van der Waals surface area contributed by atoms with Crippen molar-refractivity contribution in [1.29, 1.82) is 0 Å². The minimum absolute atomic E-state index is 0.0440. The van der Waals surface area contributed by atoms with Crippen molar-refractivity contribution in [2.45, 2.75) is 32.4 Å². The van der Waals surface area contributed by atoms with Gasteiger partial charge in [-0.25, -0.2) is 13.2 Å². The molecule has 1 amide bonds. The SMILES string of the molecule is CC(=O)c1ccc(OCC(=O)O[C@@H](C)C(=O)N[C@H]2CCS(=O)(=O)C2)cc1. The molecule has 9 heteroatoms. The molecule has 0 saturated carbocycles. The Bertz CT molecular complexity index is 786. The summed E-state index contributed by atoms with van der Waals surface area (Å²) in [5.41, 5.74) is 0.527. The highest BCUT2D eigenvalue weighted by molar-refractivity contribution is 7.91. The third kappa shape index (κ3) is 5.83. The second kappa shape index (κ2) is 8.31. The lowest BCUT2D eigenvalue weighted by molar-refractivity contribution is -0.156. The average Bonchev–Trinajstić information content (AvgIpc) is 2.91. The van der Waals surface area contributed by atoms with Gasteiger partial charge in [-0.1, -0.05) is 0 Å². The standard InChI is InChI=1S/C17H21NO7S/c1-11(19)13-3-5-15(6-4-13)24-9-16(20)25-12(2)17(21)18-14-7-8-26(22,23)10-14/h3-6,12,14H,7-10H2,1-2H3,(H,18,21)/t12-,14-/m0/s1. The number of benzene rings is 1. The van der Waals surface area contributed by atoms with Crippen molar-refractivity contribution in [3.8, 4) is 5.75 Å². The van der Waals surface area contributed by atoms with Gasteiger partial charge in [0.15, 0.2) is 28.3 Å². The van der Waals surface area contributed by atoms with E-state index in [9.17, 15) is 22.8 Å². The molecule has 0 unspecified atom stereocenters. The summed E-state index contributed by atoms with van der Waals surface area (Å²) in [6, 6.07) is 5.81. The lowest BCUT2D eigenvalue weighted by Gasteiger charge is -2.16. The van der Waals surface area contributed by atoms with Gasteiger partial charge in [0.05, 0.1) is 11.5 Å². The first-order valence-electron chi connectivity index (χ1n) is 8.10. The van der Waals surface area contributed by atoms with Crippen molar-refractivity contribution in [2.75, 3.05) is 18.1 Å². The highest BCUT2D eigenvalue weighted by atomic mass is 32.2. The predicted octanol–water partition coefficient (Wildman–Crippen LogP) is 0.503. The van der Waals surface area contributed by atoms with E-state index in [0.717, 1.165) is 0 Å². The molecular weight excluding hydrogens is 362 g/mol. The van der Waals surface area contributed by atoms with E-state index in [1.165, 1.54) is 13.8 Å². The number of sulfone groups is 1. The van der Waals surface area contributed by atoms with Gasteiger partial charge in [0, 0.05) is 11.6 Å². The number of hydrogen-bond acceptors (Lipinski definition) is 7. The lowest BCUT2D eigenvalue weighted by Crippen LogP contribution is -2.43. The molecule has 1 aliphatic rings. The quantitative estimate of drug-likeness (QED) is 0.538. The Balaban J connectivity index is 1.76. The lowest BCUT2D eigenvalue weighted by atomic mass is 10.1. The van der Waals surface area contributed by atoms with E-state index in [1.807, 2.05) is 0 Å². The molecule has 0 aliphatic carbocycles. The molecule has 1 N–H and O–H groups in total. The maximum atomic E-state index is 12.0. The third-order valence-electron chi connectivity index (χ3n) is 3.87. The smallest absolute Gasteiger partial charge is 0.344 e. The van der Waals surface area contributed by atoms with Crippen molar-refractivity contribution in [3.63, 3.8) is 0 Å². The topological polar surface area (TPSA) is 116 Å². The average molecular weight is 383 g/mol. The number of carbonyl (C=O) groups is 3. The van der Waals surface area contributed by atoms with Crippen molar-refractivity contribution in [3.05, 3.63) is 29.8 Å². The third-order valence-corrected chi connectivity index (χ3v) is 5.64. The number of hydrogen-bond donors (Lipinski definition) is 1. The molecule has 1 aliphatic heterocycles. The van der Waals surface area contributed by atoms with Crippen LogP contribution in [-0.2, 0) is 24.2 Å². The van der Waals surface area contributed by atoms with Gasteiger partial charge in [0.25, 0.3) is 5.91 Å². The summed E-state index contributed by atoms with van der Waals surface area (Å²) in [6.45, 7) is 2.45. The van der Waals surface area contributed by atoms with Gasteiger partial charge >= 0.3 is 5.97 Å². The van der Waals surface area contributed by atoms with Crippen molar-refractivity contribution in [1.82, 2.24) is 5.32 Å². The maximum Gasteiger partial charge on any atom is 0.344 e. The summed E-state index contributed by atoms with van der Waals surface area (Å²) in [5, 5.41) is 2.56. The zero-order chi connectivity index (χ0) is 19.3. The number of Topliss-reactive ketones (excluding diaryl/α,β-unsaturated/α-hetero) is 1. The zero-order valence-corrected chi connectivity index (χ0v) is 15.4.